The maximum atomic E-state index is 12.1. The van der Waals surface area contributed by atoms with Crippen molar-refractivity contribution < 1.29 is 4.79 Å². The van der Waals surface area contributed by atoms with Crippen LogP contribution in [0.1, 0.15) is 5.69 Å². The number of nitrogens with one attached hydrogen (secondary N) is 1. The SMILES string of the molecule is O=C(Cn1nnc2ccccc21)NCc1cn(-c2cccnc2)nn1. The Balaban J connectivity index is 1.38. The lowest BCUT2D eigenvalue weighted by molar-refractivity contribution is -0.122. The maximum absolute atomic E-state index is 12.1. The summed E-state index contributed by atoms with van der Waals surface area (Å²) < 4.78 is 3.18. The molecule has 1 aromatic carbocycles. The van der Waals surface area contributed by atoms with E-state index >= 15 is 0 Å². The van der Waals surface area contributed by atoms with E-state index < -0.39 is 0 Å². The summed E-state index contributed by atoms with van der Waals surface area (Å²) >= 11 is 0. The van der Waals surface area contributed by atoms with Gasteiger partial charge in [0.25, 0.3) is 0 Å². The predicted octanol–water partition coefficient (Wildman–Crippen LogP) is 0.723. The van der Waals surface area contributed by atoms with Crippen LogP contribution in [-0.4, -0.2) is 40.9 Å². The average molecular weight is 334 g/mol. The third kappa shape index (κ3) is 3.20. The molecule has 0 aliphatic carbocycles. The van der Waals surface area contributed by atoms with Crippen LogP contribution in [0.2, 0.25) is 0 Å². The zero-order chi connectivity index (χ0) is 17.1. The fraction of sp³-hybridized carbons (Fsp3) is 0.125. The number of hydrogen-bond acceptors (Lipinski definition) is 6. The van der Waals surface area contributed by atoms with E-state index in [9.17, 15) is 4.79 Å². The smallest absolute Gasteiger partial charge is 0.242 e. The highest BCUT2D eigenvalue weighted by Crippen LogP contribution is 2.09. The van der Waals surface area contributed by atoms with Crippen LogP contribution in [0.25, 0.3) is 16.7 Å². The molecule has 9 heteroatoms. The second kappa shape index (κ2) is 6.48. The van der Waals surface area contributed by atoms with Crippen LogP contribution in [0, 0.1) is 0 Å². The molecule has 9 nitrogen and oxygen atoms in total. The first kappa shape index (κ1) is 14.9. The van der Waals surface area contributed by atoms with Crippen molar-refractivity contribution in [1.82, 2.24) is 40.3 Å². The van der Waals surface area contributed by atoms with Crippen LogP contribution < -0.4 is 5.32 Å². The standard InChI is InChI=1S/C16H14N8O/c25-16(11-24-15-6-2-1-5-14(15)20-22-24)18-8-12-10-23(21-19-12)13-4-3-7-17-9-13/h1-7,9-10H,8,11H2,(H,18,25). The molecule has 3 aromatic heterocycles. The van der Waals surface area contributed by atoms with Crippen molar-refractivity contribution >= 4 is 16.9 Å². The van der Waals surface area contributed by atoms with Gasteiger partial charge in [0.1, 0.15) is 17.8 Å². The van der Waals surface area contributed by atoms with Crippen molar-refractivity contribution in [2.75, 3.05) is 0 Å². The summed E-state index contributed by atoms with van der Waals surface area (Å²) in [4.78, 5) is 16.2. The molecule has 0 atom stereocenters. The van der Waals surface area contributed by atoms with E-state index in [1.165, 1.54) is 0 Å². The Labute approximate surface area is 142 Å². The van der Waals surface area contributed by atoms with E-state index in [-0.39, 0.29) is 19.0 Å². The van der Waals surface area contributed by atoms with Gasteiger partial charge in [-0.25, -0.2) is 9.36 Å². The molecule has 25 heavy (non-hydrogen) atoms. The van der Waals surface area contributed by atoms with Gasteiger partial charge < -0.3 is 5.32 Å². The Kier molecular flexibility index (Phi) is 3.87. The summed E-state index contributed by atoms with van der Waals surface area (Å²) in [6.07, 6.45) is 5.13. The second-order valence-electron chi connectivity index (χ2n) is 5.38. The minimum atomic E-state index is -0.174. The highest BCUT2D eigenvalue weighted by atomic mass is 16.2. The van der Waals surface area contributed by atoms with E-state index in [1.54, 1.807) is 28.0 Å². The summed E-state index contributed by atoms with van der Waals surface area (Å²) in [5.74, 6) is -0.174. The van der Waals surface area contributed by atoms with E-state index in [4.69, 9.17) is 0 Å². The van der Waals surface area contributed by atoms with Gasteiger partial charge in [-0.3, -0.25) is 9.78 Å². The van der Waals surface area contributed by atoms with Crippen molar-refractivity contribution in [3.63, 3.8) is 0 Å². The molecular formula is C16H14N8O. The normalized spacial score (nSPS) is 10.9. The van der Waals surface area contributed by atoms with Gasteiger partial charge in [-0.2, -0.15) is 0 Å². The summed E-state index contributed by atoms with van der Waals surface area (Å²) in [6.45, 7) is 0.378. The molecule has 0 aliphatic rings. The van der Waals surface area contributed by atoms with Gasteiger partial charge in [0, 0.05) is 6.20 Å². The van der Waals surface area contributed by atoms with Gasteiger partial charge in [0.15, 0.2) is 0 Å². The van der Waals surface area contributed by atoms with E-state index in [2.05, 4.69) is 30.9 Å². The van der Waals surface area contributed by atoms with Crippen molar-refractivity contribution in [2.24, 2.45) is 0 Å². The first-order chi connectivity index (χ1) is 12.3. The van der Waals surface area contributed by atoms with Crippen molar-refractivity contribution in [3.05, 3.63) is 60.7 Å². The summed E-state index contributed by atoms with van der Waals surface area (Å²) in [7, 11) is 0. The predicted molar refractivity (Wildman–Crippen MR) is 88.5 cm³/mol. The van der Waals surface area contributed by atoms with Crippen molar-refractivity contribution in [2.45, 2.75) is 13.1 Å². The Bertz CT molecular complexity index is 1010. The number of carbonyl (C=O) groups excluding carboxylic acids is 1. The number of amides is 1. The van der Waals surface area contributed by atoms with Crippen molar-refractivity contribution in [1.29, 1.82) is 0 Å². The number of para-hydroxylation sites is 1. The van der Waals surface area contributed by atoms with Crippen LogP contribution in [0.5, 0.6) is 0 Å². The molecular weight excluding hydrogens is 320 g/mol. The molecule has 0 fully saturated rings. The molecule has 4 aromatic rings. The topological polar surface area (TPSA) is 103 Å². The van der Waals surface area contributed by atoms with Crippen LogP contribution in [0.15, 0.2) is 55.0 Å². The molecule has 0 bridgehead atoms. The summed E-state index contributed by atoms with van der Waals surface area (Å²) in [6, 6.07) is 11.2. The summed E-state index contributed by atoms with van der Waals surface area (Å²) in [5, 5.41) is 18.9. The van der Waals surface area contributed by atoms with Crippen LogP contribution in [0.4, 0.5) is 0 Å². The Morgan fingerprint density at radius 2 is 2.00 bits per heavy atom. The molecule has 1 amide bonds. The zero-order valence-corrected chi connectivity index (χ0v) is 13.1. The second-order valence-corrected chi connectivity index (χ2v) is 5.38. The maximum Gasteiger partial charge on any atom is 0.242 e. The Hall–Kier alpha value is -3.62. The minimum Gasteiger partial charge on any atom is -0.349 e. The first-order valence-electron chi connectivity index (χ1n) is 7.66. The molecule has 0 radical (unpaired) electrons. The Morgan fingerprint density at radius 3 is 2.88 bits per heavy atom. The fourth-order valence-electron chi connectivity index (χ4n) is 2.41. The lowest BCUT2D eigenvalue weighted by Crippen LogP contribution is -2.27. The van der Waals surface area contributed by atoms with Gasteiger partial charge in [0.05, 0.1) is 30.1 Å². The zero-order valence-electron chi connectivity index (χ0n) is 13.1. The number of benzene rings is 1. The third-order valence-corrected chi connectivity index (χ3v) is 3.63. The van der Waals surface area contributed by atoms with E-state index in [1.807, 2.05) is 36.4 Å². The van der Waals surface area contributed by atoms with Crippen LogP contribution >= 0.6 is 0 Å². The molecule has 3 heterocycles. The molecule has 0 spiro atoms. The number of hydrogen-bond donors (Lipinski definition) is 1. The minimum absolute atomic E-state index is 0.0945. The van der Waals surface area contributed by atoms with Crippen LogP contribution in [-0.2, 0) is 17.9 Å². The number of nitrogens with zero attached hydrogens (tertiary/aromatic N) is 7. The molecule has 4 rings (SSSR count). The van der Waals surface area contributed by atoms with Crippen molar-refractivity contribution in [3.8, 4) is 5.69 Å². The van der Waals surface area contributed by atoms with Gasteiger partial charge in [-0.05, 0) is 24.3 Å². The number of pyridine rings is 1. The summed E-state index contributed by atoms with van der Waals surface area (Å²) in [5.41, 5.74) is 3.04. The molecule has 0 saturated heterocycles. The largest absolute Gasteiger partial charge is 0.349 e. The number of fused-ring (bicyclic) bond motifs is 1. The van der Waals surface area contributed by atoms with Gasteiger partial charge in [0.2, 0.25) is 5.91 Å². The lowest BCUT2D eigenvalue weighted by Gasteiger charge is -2.03. The van der Waals surface area contributed by atoms with E-state index in [0.29, 0.717) is 5.69 Å². The third-order valence-electron chi connectivity index (χ3n) is 3.63. The molecule has 0 aliphatic heterocycles. The molecule has 124 valence electrons. The van der Waals surface area contributed by atoms with E-state index in [0.717, 1.165) is 16.7 Å². The lowest BCUT2D eigenvalue weighted by atomic mass is 10.3. The quantitative estimate of drug-likeness (QED) is 0.577. The molecule has 1 N–H and O–H groups in total. The molecule has 0 unspecified atom stereocenters. The van der Waals surface area contributed by atoms with Gasteiger partial charge in [-0.15, -0.1) is 10.2 Å². The van der Waals surface area contributed by atoms with Gasteiger partial charge >= 0.3 is 0 Å². The fourth-order valence-corrected chi connectivity index (χ4v) is 2.41. The number of rotatable bonds is 5. The monoisotopic (exact) mass is 334 g/mol. The van der Waals surface area contributed by atoms with Crippen LogP contribution in [0.3, 0.4) is 0 Å². The average Bonchev–Trinajstić information content (AvgIpc) is 3.28. The number of aromatic nitrogens is 7. The van der Waals surface area contributed by atoms with Gasteiger partial charge in [-0.1, -0.05) is 22.6 Å². The first-order valence-corrected chi connectivity index (χ1v) is 7.66. The highest BCUT2D eigenvalue weighted by Gasteiger charge is 2.09. The molecule has 0 saturated carbocycles. The Morgan fingerprint density at radius 1 is 1.08 bits per heavy atom. The number of carbonyl (C=O) groups is 1. The highest BCUT2D eigenvalue weighted by molar-refractivity contribution is 5.79.